The summed E-state index contributed by atoms with van der Waals surface area (Å²) in [4.78, 5) is 16.6. The summed E-state index contributed by atoms with van der Waals surface area (Å²) in [7, 11) is 0. The first-order valence-electron chi connectivity index (χ1n) is 6.30. The molecular formula is C16H10N4. The van der Waals surface area contributed by atoms with Crippen LogP contribution in [-0.4, -0.2) is 19.9 Å². The minimum atomic E-state index is 0.952. The predicted octanol–water partition coefficient (Wildman–Crippen LogP) is 3.24. The van der Waals surface area contributed by atoms with E-state index < -0.39 is 0 Å². The second-order valence-corrected chi connectivity index (χ2v) is 4.59. The van der Waals surface area contributed by atoms with Gasteiger partial charge in [-0.25, -0.2) is 19.9 Å². The van der Waals surface area contributed by atoms with Gasteiger partial charge in [0.2, 0.25) is 0 Å². The molecule has 20 heavy (non-hydrogen) atoms. The average molecular weight is 258 g/mol. The Morgan fingerprint density at radius 2 is 1.10 bits per heavy atom. The van der Waals surface area contributed by atoms with Crippen LogP contribution in [0, 0.1) is 0 Å². The zero-order valence-corrected chi connectivity index (χ0v) is 10.6. The molecule has 0 atom stereocenters. The smallest absolute Gasteiger partial charge is 0.116 e. The van der Waals surface area contributed by atoms with E-state index in [1.54, 1.807) is 12.7 Å². The molecule has 0 fully saturated rings. The van der Waals surface area contributed by atoms with E-state index in [2.05, 4.69) is 44.2 Å². The van der Waals surface area contributed by atoms with E-state index in [1.807, 2.05) is 24.5 Å². The van der Waals surface area contributed by atoms with Gasteiger partial charge in [-0.1, -0.05) is 12.1 Å². The lowest BCUT2D eigenvalue weighted by Gasteiger charge is -2.04. The number of aromatic nitrogens is 4. The summed E-state index contributed by atoms with van der Waals surface area (Å²) in [5, 5.41) is 2.07. The van der Waals surface area contributed by atoms with Crippen molar-refractivity contribution in [1.29, 1.82) is 0 Å². The highest BCUT2D eigenvalue weighted by Gasteiger charge is 2.02. The van der Waals surface area contributed by atoms with Crippen molar-refractivity contribution in [3.05, 3.63) is 61.4 Å². The van der Waals surface area contributed by atoms with Crippen LogP contribution in [0.15, 0.2) is 61.4 Å². The molecule has 4 aromatic rings. The summed E-state index contributed by atoms with van der Waals surface area (Å²) in [6, 6.07) is 12.4. The van der Waals surface area contributed by atoms with Crippen molar-refractivity contribution in [2.45, 2.75) is 0 Å². The molecular weight excluding hydrogens is 248 g/mol. The molecule has 4 rings (SSSR count). The lowest BCUT2D eigenvalue weighted by Crippen LogP contribution is -1.85. The Balaban J connectivity index is 1.91. The third-order valence-corrected chi connectivity index (χ3v) is 3.34. The van der Waals surface area contributed by atoms with Crippen molar-refractivity contribution in [2.75, 3.05) is 0 Å². The molecule has 94 valence electrons. The normalized spacial score (nSPS) is 11.0. The first kappa shape index (κ1) is 11.0. The van der Waals surface area contributed by atoms with Gasteiger partial charge in [-0.3, -0.25) is 0 Å². The molecule has 0 unspecified atom stereocenters. The summed E-state index contributed by atoms with van der Waals surface area (Å²) in [6.45, 7) is 0. The van der Waals surface area contributed by atoms with E-state index in [4.69, 9.17) is 0 Å². The molecule has 0 bridgehead atoms. The highest BCUT2D eigenvalue weighted by molar-refractivity contribution is 5.87. The molecule has 0 aliphatic carbocycles. The predicted molar refractivity (Wildman–Crippen MR) is 78.1 cm³/mol. The SMILES string of the molecule is c1ncc2cc(-c3ccc4ncncc4c3)ccc2n1. The Bertz CT molecular complexity index is 841. The van der Waals surface area contributed by atoms with E-state index in [1.165, 1.54) is 0 Å². The minimum Gasteiger partial charge on any atom is -0.244 e. The molecule has 2 heterocycles. The Kier molecular flexibility index (Phi) is 2.39. The maximum Gasteiger partial charge on any atom is 0.116 e. The molecule has 0 aliphatic heterocycles. The van der Waals surface area contributed by atoms with Crippen molar-refractivity contribution >= 4 is 21.8 Å². The van der Waals surface area contributed by atoms with Gasteiger partial charge >= 0.3 is 0 Å². The largest absolute Gasteiger partial charge is 0.244 e. The molecule has 0 radical (unpaired) electrons. The second kappa shape index (κ2) is 4.35. The van der Waals surface area contributed by atoms with Crippen LogP contribution in [0.3, 0.4) is 0 Å². The molecule has 2 aromatic heterocycles. The van der Waals surface area contributed by atoms with Crippen LogP contribution in [0.2, 0.25) is 0 Å². The van der Waals surface area contributed by atoms with Crippen molar-refractivity contribution in [3.63, 3.8) is 0 Å². The lowest BCUT2D eigenvalue weighted by molar-refractivity contribution is 1.22. The summed E-state index contributed by atoms with van der Waals surface area (Å²) in [5.41, 5.74) is 4.18. The molecule has 0 amide bonds. The maximum atomic E-state index is 4.23. The highest BCUT2D eigenvalue weighted by Crippen LogP contribution is 2.25. The third-order valence-electron chi connectivity index (χ3n) is 3.34. The van der Waals surface area contributed by atoms with Crippen LogP contribution < -0.4 is 0 Å². The van der Waals surface area contributed by atoms with Crippen molar-refractivity contribution in [2.24, 2.45) is 0 Å². The van der Waals surface area contributed by atoms with Crippen LogP contribution in [0.4, 0.5) is 0 Å². The van der Waals surface area contributed by atoms with Gasteiger partial charge in [-0.2, -0.15) is 0 Å². The van der Waals surface area contributed by atoms with Crippen LogP contribution in [0.5, 0.6) is 0 Å². The number of benzene rings is 2. The van der Waals surface area contributed by atoms with Crippen LogP contribution in [0.1, 0.15) is 0 Å². The van der Waals surface area contributed by atoms with Gasteiger partial charge in [0, 0.05) is 23.2 Å². The van der Waals surface area contributed by atoms with Gasteiger partial charge in [0.1, 0.15) is 12.7 Å². The van der Waals surface area contributed by atoms with E-state index in [9.17, 15) is 0 Å². The second-order valence-electron chi connectivity index (χ2n) is 4.59. The van der Waals surface area contributed by atoms with Crippen LogP contribution >= 0.6 is 0 Å². The van der Waals surface area contributed by atoms with Crippen molar-refractivity contribution in [1.82, 2.24) is 19.9 Å². The summed E-state index contributed by atoms with van der Waals surface area (Å²) < 4.78 is 0. The van der Waals surface area contributed by atoms with Crippen molar-refractivity contribution in [3.8, 4) is 11.1 Å². The quantitative estimate of drug-likeness (QED) is 0.526. The van der Waals surface area contributed by atoms with Gasteiger partial charge < -0.3 is 0 Å². The zero-order chi connectivity index (χ0) is 13.4. The molecule has 2 aromatic carbocycles. The van der Waals surface area contributed by atoms with Crippen LogP contribution in [-0.2, 0) is 0 Å². The van der Waals surface area contributed by atoms with Gasteiger partial charge in [0.25, 0.3) is 0 Å². The Morgan fingerprint density at radius 1 is 0.600 bits per heavy atom. The molecule has 0 spiro atoms. The monoisotopic (exact) mass is 258 g/mol. The van der Waals surface area contributed by atoms with Gasteiger partial charge in [0.15, 0.2) is 0 Å². The Morgan fingerprint density at radius 3 is 1.60 bits per heavy atom. The molecule has 4 heteroatoms. The average Bonchev–Trinajstić information content (AvgIpc) is 2.54. The van der Waals surface area contributed by atoms with E-state index in [-0.39, 0.29) is 0 Å². The van der Waals surface area contributed by atoms with Gasteiger partial charge in [-0.05, 0) is 35.4 Å². The van der Waals surface area contributed by atoms with Gasteiger partial charge in [-0.15, -0.1) is 0 Å². The fourth-order valence-corrected chi connectivity index (χ4v) is 2.33. The third kappa shape index (κ3) is 1.78. The lowest BCUT2D eigenvalue weighted by atomic mass is 10.0. The number of fused-ring (bicyclic) bond motifs is 2. The molecule has 0 saturated carbocycles. The molecule has 0 N–H and O–H groups in total. The molecule has 4 nitrogen and oxygen atoms in total. The molecule has 0 aliphatic rings. The first-order valence-corrected chi connectivity index (χ1v) is 6.30. The number of hydrogen-bond acceptors (Lipinski definition) is 4. The van der Waals surface area contributed by atoms with E-state index in [0.29, 0.717) is 0 Å². The summed E-state index contributed by atoms with van der Waals surface area (Å²) in [6.07, 6.45) is 6.79. The summed E-state index contributed by atoms with van der Waals surface area (Å²) >= 11 is 0. The topological polar surface area (TPSA) is 51.6 Å². The zero-order valence-electron chi connectivity index (χ0n) is 10.6. The van der Waals surface area contributed by atoms with E-state index in [0.717, 1.165) is 32.9 Å². The van der Waals surface area contributed by atoms with E-state index >= 15 is 0 Å². The minimum absolute atomic E-state index is 0.952. The number of nitrogens with zero attached hydrogens (tertiary/aromatic N) is 4. The van der Waals surface area contributed by atoms with Crippen molar-refractivity contribution < 1.29 is 0 Å². The number of hydrogen-bond donors (Lipinski definition) is 0. The number of rotatable bonds is 1. The standard InChI is InChI=1S/C16H10N4/c1-3-15-13(7-17-9-19-15)5-11(1)12-2-4-16-14(6-12)8-18-10-20-16/h1-10H. The maximum absolute atomic E-state index is 4.23. The Hall–Kier alpha value is -2.88. The molecule has 0 saturated heterocycles. The first-order chi connectivity index (χ1) is 9.90. The highest BCUT2D eigenvalue weighted by atomic mass is 14.8. The van der Waals surface area contributed by atoms with Crippen LogP contribution in [0.25, 0.3) is 32.9 Å². The summed E-state index contributed by atoms with van der Waals surface area (Å²) in [5.74, 6) is 0. The van der Waals surface area contributed by atoms with Gasteiger partial charge in [0.05, 0.1) is 11.0 Å². The Labute approximate surface area is 115 Å². The fraction of sp³-hybridized carbons (Fsp3) is 0. The fourth-order valence-electron chi connectivity index (χ4n) is 2.33.